The van der Waals surface area contributed by atoms with Crippen LogP contribution in [0.1, 0.15) is 43.4 Å². The fraction of sp³-hybridized carbons (Fsp3) is 0.444. The van der Waals surface area contributed by atoms with Crippen molar-refractivity contribution in [3.8, 4) is 0 Å². The number of carbonyl (C=O) groups excluding carboxylic acids is 4. The minimum Gasteiger partial charge on any atom is -0.463 e. The van der Waals surface area contributed by atoms with Crippen molar-refractivity contribution in [2.75, 3.05) is 19.8 Å². The van der Waals surface area contributed by atoms with Gasteiger partial charge in [0, 0.05) is 24.3 Å². The second kappa shape index (κ2) is 15.0. The van der Waals surface area contributed by atoms with Gasteiger partial charge < -0.3 is 29.7 Å². The summed E-state index contributed by atoms with van der Waals surface area (Å²) >= 11 is 3.71. The molecule has 3 aliphatic heterocycles. The maximum atomic E-state index is 14.6. The first kappa shape index (κ1) is 34.5. The molecule has 3 aliphatic rings. The number of allylic oxidation sites excluding steroid dienone is 1. The van der Waals surface area contributed by atoms with Gasteiger partial charge >= 0.3 is 5.97 Å². The molecule has 3 heterocycles. The molecule has 10 nitrogen and oxygen atoms in total. The highest BCUT2D eigenvalue weighted by Gasteiger charge is 2.77. The van der Waals surface area contributed by atoms with Gasteiger partial charge in [-0.3, -0.25) is 19.2 Å². The summed E-state index contributed by atoms with van der Waals surface area (Å²) in [6.45, 7) is 9.21. The van der Waals surface area contributed by atoms with E-state index in [4.69, 9.17) is 9.47 Å². The van der Waals surface area contributed by atoms with Crippen LogP contribution in [0.2, 0.25) is 0 Å². The van der Waals surface area contributed by atoms with Crippen LogP contribution in [-0.4, -0.2) is 87.0 Å². The van der Waals surface area contributed by atoms with E-state index in [2.05, 4.69) is 34.4 Å². The van der Waals surface area contributed by atoms with E-state index >= 15 is 0 Å². The number of aliphatic hydroxyl groups excluding tert-OH is 1. The third-order valence-electron chi connectivity index (χ3n) is 9.36. The van der Waals surface area contributed by atoms with Crippen molar-refractivity contribution >= 4 is 39.6 Å². The van der Waals surface area contributed by atoms with E-state index in [1.54, 1.807) is 24.0 Å². The Kier molecular flexibility index (Phi) is 11.0. The molecule has 3 fully saturated rings. The Hall–Kier alpha value is -3.80. The minimum atomic E-state index is -1.30. The van der Waals surface area contributed by atoms with Crippen molar-refractivity contribution in [1.29, 1.82) is 0 Å². The summed E-state index contributed by atoms with van der Waals surface area (Å²) in [5, 5.41) is 13.3. The number of hydrogen-bond acceptors (Lipinski definition) is 7. The Balaban J connectivity index is 1.46. The molecule has 2 aromatic rings. The van der Waals surface area contributed by atoms with Gasteiger partial charge in [-0.1, -0.05) is 88.7 Å². The summed E-state index contributed by atoms with van der Waals surface area (Å²) in [6, 6.07) is 16.2. The average Bonchev–Trinajstić information content (AvgIpc) is 3.68. The lowest BCUT2D eigenvalue weighted by Gasteiger charge is -2.38. The van der Waals surface area contributed by atoms with E-state index < -0.39 is 59.5 Å². The van der Waals surface area contributed by atoms with E-state index in [0.717, 1.165) is 11.1 Å². The Morgan fingerprint density at radius 1 is 1.15 bits per heavy atom. The van der Waals surface area contributed by atoms with Crippen LogP contribution >= 0.6 is 15.9 Å². The Bertz CT molecular complexity index is 1470. The summed E-state index contributed by atoms with van der Waals surface area (Å²) in [5.74, 6) is -3.48. The molecular weight excluding hydrogens is 666 g/mol. The fourth-order valence-corrected chi connectivity index (χ4v) is 8.16. The first-order chi connectivity index (χ1) is 22.7. The first-order valence-corrected chi connectivity index (χ1v) is 16.9. The molecule has 2 bridgehead atoms. The topological polar surface area (TPSA) is 125 Å². The molecule has 8 atom stereocenters. The number of nitrogens with one attached hydrogen (secondary N) is 1. The smallest absolute Gasteiger partial charge is 0.306 e. The number of rotatable bonds is 15. The summed E-state index contributed by atoms with van der Waals surface area (Å²) in [6.07, 6.45) is 3.56. The number of esters is 1. The maximum Gasteiger partial charge on any atom is 0.306 e. The number of benzene rings is 2. The zero-order chi connectivity index (χ0) is 33.7. The predicted octanol–water partition coefficient (Wildman–Crippen LogP) is 3.70. The van der Waals surface area contributed by atoms with E-state index in [1.807, 2.05) is 60.7 Å². The molecule has 3 saturated heterocycles. The number of likely N-dealkylation sites (tertiary alicyclic amines) is 1. The molecule has 3 amide bonds. The highest BCUT2D eigenvalue weighted by atomic mass is 79.9. The lowest BCUT2D eigenvalue weighted by Crippen LogP contribution is -2.58. The number of nitrogens with zero attached hydrogens (tertiary/aromatic N) is 2. The number of hydrogen-bond donors (Lipinski definition) is 2. The molecule has 0 aliphatic carbocycles. The van der Waals surface area contributed by atoms with Crippen molar-refractivity contribution in [3.05, 3.63) is 97.1 Å². The molecule has 47 heavy (non-hydrogen) atoms. The number of halogens is 1. The highest BCUT2D eigenvalue weighted by molar-refractivity contribution is 9.09. The SMILES string of the molecule is C=CCCC(=O)OC[C@@H](NC(=O)[C@H]1[C@@H]2O[C@@]3(CC2Br)[C@@H]1C(=O)N([C@H](C)CO)[C@@H]3C(=O)N(CC=C)Cc1ccccc1)c1ccccc1. The van der Waals surface area contributed by atoms with Crippen LogP contribution in [0.3, 0.4) is 0 Å². The van der Waals surface area contributed by atoms with Crippen LogP contribution in [0.25, 0.3) is 0 Å². The Labute approximate surface area is 283 Å². The van der Waals surface area contributed by atoms with Gasteiger partial charge in [-0.2, -0.15) is 0 Å². The lowest BCUT2D eigenvalue weighted by molar-refractivity contribution is -0.151. The zero-order valence-electron chi connectivity index (χ0n) is 26.5. The molecule has 2 aromatic carbocycles. The predicted molar refractivity (Wildman–Crippen MR) is 179 cm³/mol. The standard InChI is InChI=1S/C36H42BrN3O7/c1-4-6-17-28(42)46-22-27(25-15-11-8-12-16-25)38-33(43)29-30-34(44)40(23(3)21-41)32(36(30)19-26(37)31(29)47-36)35(45)39(18-5-2)20-24-13-9-7-10-14-24/h4-5,7-16,23,26-27,29-32,41H,1-2,6,17-22H2,3H3,(H,38,43)/t23-,26?,27-,29-,30+,31-,32-,36+/m1/s1. The van der Waals surface area contributed by atoms with E-state index in [1.165, 1.54) is 4.90 Å². The van der Waals surface area contributed by atoms with Gasteiger partial charge in [0.1, 0.15) is 18.2 Å². The number of alkyl halides is 1. The van der Waals surface area contributed by atoms with Crippen LogP contribution in [-0.2, 0) is 35.2 Å². The average molecular weight is 709 g/mol. The molecule has 11 heteroatoms. The number of ether oxygens (including phenoxy) is 2. The van der Waals surface area contributed by atoms with Gasteiger partial charge in [-0.15, -0.1) is 13.2 Å². The van der Waals surface area contributed by atoms with Crippen LogP contribution in [0.15, 0.2) is 86.0 Å². The number of fused-ring (bicyclic) bond motifs is 1. The number of aliphatic hydroxyl groups is 1. The van der Waals surface area contributed by atoms with Gasteiger partial charge in [0.15, 0.2) is 0 Å². The second-order valence-electron chi connectivity index (χ2n) is 12.4. The maximum absolute atomic E-state index is 14.6. The molecule has 0 saturated carbocycles. The van der Waals surface area contributed by atoms with E-state index in [9.17, 15) is 24.3 Å². The molecule has 5 rings (SSSR count). The monoisotopic (exact) mass is 707 g/mol. The molecule has 250 valence electrons. The minimum absolute atomic E-state index is 0.101. The number of carbonyl (C=O) groups is 4. The normalized spacial score (nSPS) is 27.1. The quantitative estimate of drug-likeness (QED) is 0.164. The van der Waals surface area contributed by atoms with Crippen molar-refractivity contribution in [2.45, 2.75) is 67.4 Å². The van der Waals surface area contributed by atoms with Crippen molar-refractivity contribution in [2.24, 2.45) is 11.8 Å². The second-order valence-corrected chi connectivity index (χ2v) is 13.6. The first-order valence-electron chi connectivity index (χ1n) is 16.0. The highest BCUT2D eigenvalue weighted by Crippen LogP contribution is 2.60. The number of amides is 3. The summed E-state index contributed by atoms with van der Waals surface area (Å²) < 4.78 is 12.2. The van der Waals surface area contributed by atoms with Gasteiger partial charge in [0.05, 0.1) is 36.6 Å². The van der Waals surface area contributed by atoms with Crippen LogP contribution in [0.5, 0.6) is 0 Å². The summed E-state index contributed by atoms with van der Waals surface area (Å²) in [5.41, 5.74) is 0.342. The molecular formula is C36H42BrN3O7. The Morgan fingerprint density at radius 3 is 2.47 bits per heavy atom. The fourth-order valence-electron chi connectivity index (χ4n) is 7.22. The van der Waals surface area contributed by atoms with Crippen molar-refractivity contribution < 1.29 is 33.8 Å². The van der Waals surface area contributed by atoms with E-state index in [0.29, 0.717) is 12.8 Å². The van der Waals surface area contributed by atoms with Crippen LogP contribution < -0.4 is 5.32 Å². The van der Waals surface area contributed by atoms with E-state index in [-0.39, 0.29) is 43.5 Å². The van der Waals surface area contributed by atoms with Gasteiger partial charge in [0.25, 0.3) is 0 Å². The van der Waals surface area contributed by atoms with Crippen LogP contribution in [0.4, 0.5) is 0 Å². The van der Waals surface area contributed by atoms with Gasteiger partial charge in [0.2, 0.25) is 17.7 Å². The van der Waals surface area contributed by atoms with Crippen molar-refractivity contribution in [1.82, 2.24) is 15.1 Å². The molecule has 1 unspecified atom stereocenters. The molecule has 2 N–H and O–H groups in total. The summed E-state index contributed by atoms with van der Waals surface area (Å²) in [4.78, 5) is 58.3. The molecule has 1 spiro atoms. The zero-order valence-corrected chi connectivity index (χ0v) is 28.1. The van der Waals surface area contributed by atoms with Crippen molar-refractivity contribution in [3.63, 3.8) is 0 Å². The third-order valence-corrected chi connectivity index (χ3v) is 10.2. The molecule has 0 aromatic heterocycles. The summed E-state index contributed by atoms with van der Waals surface area (Å²) in [7, 11) is 0. The Morgan fingerprint density at radius 2 is 1.83 bits per heavy atom. The molecule has 0 radical (unpaired) electrons. The van der Waals surface area contributed by atoms with Gasteiger partial charge in [-0.05, 0) is 30.9 Å². The lowest BCUT2D eigenvalue weighted by atomic mass is 9.70. The third kappa shape index (κ3) is 6.79. The van der Waals surface area contributed by atoms with Gasteiger partial charge in [-0.25, -0.2) is 0 Å². The van der Waals surface area contributed by atoms with Crippen LogP contribution in [0, 0.1) is 11.8 Å². The largest absolute Gasteiger partial charge is 0.463 e.